The maximum atomic E-state index is 12.4. The van der Waals surface area contributed by atoms with Crippen LogP contribution in [-0.2, 0) is 20.7 Å². The van der Waals surface area contributed by atoms with Gasteiger partial charge in [-0.1, -0.05) is 31.5 Å². The highest BCUT2D eigenvalue weighted by Crippen LogP contribution is 2.31. The van der Waals surface area contributed by atoms with E-state index in [-0.39, 0.29) is 6.04 Å². The number of carbonyl (C=O) groups excluding carboxylic acids is 2. The van der Waals surface area contributed by atoms with Gasteiger partial charge in [-0.25, -0.2) is 0 Å². The third-order valence-corrected chi connectivity index (χ3v) is 4.01. The lowest BCUT2D eigenvalue weighted by molar-refractivity contribution is -0.137. The van der Waals surface area contributed by atoms with E-state index in [1.54, 1.807) is 4.90 Å². The highest BCUT2D eigenvalue weighted by atomic mass is 16.5. The number of fused-ring (bicyclic) bond motifs is 1. The predicted molar refractivity (Wildman–Crippen MR) is 90.4 cm³/mol. The zero-order valence-corrected chi connectivity index (χ0v) is 14.0. The number of unbranched alkanes of at least 4 members (excludes halogenated alkanes) is 1. The Bertz CT molecular complexity index is 545. The van der Waals surface area contributed by atoms with Gasteiger partial charge in [0.1, 0.15) is 0 Å². The van der Waals surface area contributed by atoms with Gasteiger partial charge < -0.3 is 15.0 Å². The smallest absolute Gasteiger partial charge is 0.316 e. The van der Waals surface area contributed by atoms with Crippen LogP contribution in [0.4, 0.5) is 5.69 Å². The Hall–Kier alpha value is -1.88. The molecule has 0 radical (unpaired) electrons. The van der Waals surface area contributed by atoms with Gasteiger partial charge >= 0.3 is 11.8 Å². The number of nitrogens with zero attached hydrogens (tertiary/aromatic N) is 1. The quantitative estimate of drug-likeness (QED) is 0.620. The molecule has 23 heavy (non-hydrogen) atoms. The zero-order chi connectivity index (χ0) is 16.7. The van der Waals surface area contributed by atoms with E-state index in [2.05, 4.69) is 12.2 Å². The average Bonchev–Trinajstić information content (AvgIpc) is 2.88. The summed E-state index contributed by atoms with van der Waals surface area (Å²) in [4.78, 5) is 26.1. The highest BCUT2D eigenvalue weighted by Gasteiger charge is 2.33. The molecular formula is C18H26N2O3. The molecule has 1 aromatic carbocycles. The van der Waals surface area contributed by atoms with E-state index in [0.29, 0.717) is 13.2 Å². The first-order valence-corrected chi connectivity index (χ1v) is 8.42. The molecule has 0 saturated heterocycles. The molecule has 5 nitrogen and oxygen atoms in total. The van der Waals surface area contributed by atoms with Crippen LogP contribution >= 0.6 is 0 Å². The fourth-order valence-electron chi connectivity index (χ4n) is 2.78. The summed E-state index contributed by atoms with van der Waals surface area (Å²) in [6.45, 7) is 5.91. The molecule has 1 aliphatic rings. The minimum absolute atomic E-state index is 0.0167. The summed E-state index contributed by atoms with van der Waals surface area (Å²) in [5.74, 6) is -1.02. The summed E-state index contributed by atoms with van der Waals surface area (Å²) < 4.78 is 5.43. The van der Waals surface area contributed by atoms with E-state index in [9.17, 15) is 9.59 Å². The van der Waals surface area contributed by atoms with Crippen molar-refractivity contribution in [3.8, 4) is 0 Å². The van der Waals surface area contributed by atoms with Crippen LogP contribution in [0.1, 0.15) is 38.7 Å². The van der Waals surface area contributed by atoms with Crippen LogP contribution in [0, 0.1) is 0 Å². The van der Waals surface area contributed by atoms with Crippen molar-refractivity contribution in [3.63, 3.8) is 0 Å². The number of amides is 2. The minimum Gasteiger partial charge on any atom is -0.381 e. The van der Waals surface area contributed by atoms with Crippen molar-refractivity contribution in [3.05, 3.63) is 29.8 Å². The molecule has 5 heteroatoms. The number of para-hydroxylation sites is 1. The lowest BCUT2D eigenvalue weighted by atomic mass is 10.1. The van der Waals surface area contributed by atoms with E-state index in [0.717, 1.165) is 43.5 Å². The SMILES string of the molecule is CCCCOCCCNC(=O)C(=O)N1c2ccccc2CC1C. The Morgan fingerprint density at radius 1 is 1.26 bits per heavy atom. The van der Waals surface area contributed by atoms with Crippen LogP contribution < -0.4 is 10.2 Å². The second-order valence-corrected chi connectivity index (χ2v) is 5.93. The maximum absolute atomic E-state index is 12.4. The molecule has 0 bridgehead atoms. The summed E-state index contributed by atoms with van der Waals surface area (Å²) in [6.07, 6.45) is 3.67. The number of ether oxygens (including phenoxy) is 1. The van der Waals surface area contributed by atoms with Gasteiger partial charge in [-0.2, -0.15) is 0 Å². The summed E-state index contributed by atoms with van der Waals surface area (Å²) in [6, 6.07) is 7.76. The number of nitrogens with one attached hydrogen (secondary N) is 1. The van der Waals surface area contributed by atoms with E-state index < -0.39 is 11.8 Å². The molecule has 0 saturated carbocycles. The van der Waals surface area contributed by atoms with Crippen LogP contribution in [0.5, 0.6) is 0 Å². The summed E-state index contributed by atoms with van der Waals surface area (Å²) in [5, 5.41) is 2.69. The van der Waals surface area contributed by atoms with Crippen molar-refractivity contribution in [2.24, 2.45) is 0 Å². The molecule has 0 spiro atoms. The van der Waals surface area contributed by atoms with Gasteiger partial charge in [0.25, 0.3) is 0 Å². The van der Waals surface area contributed by atoms with Gasteiger partial charge in [0.2, 0.25) is 0 Å². The number of carbonyl (C=O) groups is 2. The topological polar surface area (TPSA) is 58.6 Å². The molecule has 1 atom stereocenters. The molecular weight excluding hydrogens is 292 g/mol. The van der Waals surface area contributed by atoms with Crippen LogP contribution in [0.3, 0.4) is 0 Å². The second kappa shape index (κ2) is 8.67. The highest BCUT2D eigenvalue weighted by molar-refractivity contribution is 6.40. The normalized spacial score (nSPS) is 16.3. The van der Waals surface area contributed by atoms with Crippen molar-refractivity contribution < 1.29 is 14.3 Å². The van der Waals surface area contributed by atoms with Crippen LogP contribution in [0.2, 0.25) is 0 Å². The van der Waals surface area contributed by atoms with Crippen LogP contribution in [0.15, 0.2) is 24.3 Å². The molecule has 0 aromatic heterocycles. The molecule has 1 unspecified atom stereocenters. The number of benzene rings is 1. The molecule has 2 rings (SSSR count). The third-order valence-electron chi connectivity index (χ3n) is 4.01. The maximum Gasteiger partial charge on any atom is 0.316 e. The summed E-state index contributed by atoms with van der Waals surface area (Å²) >= 11 is 0. The number of hydrogen-bond acceptors (Lipinski definition) is 3. The van der Waals surface area contributed by atoms with Crippen LogP contribution in [0.25, 0.3) is 0 Å². The molecule has 1 N–H and O–H groups in total. The van der Waals surface area contributed by atoms with Gasteiger partial charge in [0.05, 0.1) is 0 Å². The van der Waals surface area contributed by atoms with E-state index >= 15 is 0 Å². The van der Waals surface area contributed by atoms with Gasteiger partial charge in [-0.15, -0.1) is 0 Å². The Morgan fingerprint density at radius 2 is 2.00 bits per heavy atom. The number of anilines is 1. The molecule has 0 aliphatic carbocycles. The van der Waals surface area contributed by atoms with Crippen LogP contribution in [-0.4, -0.2) is 37.6 Å². The lowest BCUT2D eigenvalue weighted by Gasteiger charge is -2.21. The van der Waals surface area contributed by atoms with E-state index in [4.69, 9.17) is 4.74 Å². The fraction of sp³-hybridized carbons (Fsp3) is 0.556. The molecule has 0 fully saturated rings. The Morgan fingerprint density at radius 3 is 2.78 bits per heavy atom. The van der Waals surface area contributed by atoms with Crippen molar-refractivity contribution >= 4 is 17.5 Å². The third kappa shape index (κ3) is 4.55. The molecule has 1 heterocycles. The fourth-order valence-corrected chi connectivity index (χ4v) is 2.78. The van der Waals surface area contributed by atoms with Gasteiger partial charge in [0, 0.05) is 31.5 Å². The van der Waals surface area contributed by atoms with Gasteiger partial charge in [0.15, 0.2) is 0 Å². The lowest BCUT2D eigenvalue weighted by Crippen LogP contribution is -2.46. The summed E-state index contributed by atoms with van der Waals surface area (Å²) in [7, 11) is 0. The van der Waals surface area contributed by atoms with Crippen molar-refractivity contribution in [2.75, 3.05) is 24.7 Å². The van der Waals surface area contributed by atoms with Crippen molar-refractivity contribution in [1.82, 2.24) is 5.32 Å². The predicted octanol–water partition coefficient (Wildman–Crippen LogP) is 2.29. The first-order valence-electron chi connectivity index (χ1n) is 8.42. The second-order valence-electron chi connectivity index (χ2n) is 5.93. The number of rotatable bonds is 7. The van der Waals surface area contributed by atoms with E-state index in [1.165, 1.54) is 0 Å². The van der Waals surface area contributed by atoms with Crippen molar-refractivity contribution in [1.29, 1.82) is 0 Å². The Kier molecular flexibility index (Phi) is 6.59. The minimum atomic E-state index is -0.540. The molecule has 126 valence electrons. The molecule has 1 aromatic rings. The largest absolute Gasteiger partial charge is 0.381 e. The monoisotopic (exact) mass is 318 g/mol. The molecule has 2 amide bonds. The Labute approximate surface area is 138 Å². The first kappa shape index (κ1) is 17.5. The van der Waals surface area contributed by atoms with E-state index in [1.807, 2.05) is 31.2 Å². The zero-order valence-electron chi connectivity index (χ0n) is 14.0. The van der Waals surface area contributed by atoms with Gasteiger partial charge in [-0.3, -0.25) is 9.59 Å². The van der Waals surface area contributed by atoms with Crippen molar-refractivity contribution in [2.45, 2.75) is 45.6 Å². The average molecular weight is 318 g/mol. The first-order chi connectivity index (χ1) is 11.1. The van der Waals surface area contributed by atoms with Gasteiger partial charge in [-0.05, 0) is 37.8 Å². The standard InChI is InChI=1S/C18H26N2O3/c1-3-4-11-23-12-7-10-19-17(21)18(22)20-14(2)13-15-8-5-6-9-16(15)20/h5-6,8-9,14H,3-4,7,10-13H2,1-2H3,(H,19,21). The Balaban J connectivity index is 1.78. The number of hydrogen-bond donors (Lipinski definition) is 1. The summed E-state index contributed by atoms with van der Waals surface area (Å²) in [5.41, 5.74) is 1.97. The molecule has 1 aliphatic heterocycles.